The zero-order chi connectivity index (χ0) is 17.7. The molecule has 0 fully saturated rings. The minimum Gasteiger partial charge on any atom is -0.497 e. The fourth-order valence-corrected chi connectivity index (χ4v) is 2.68. The first-order valence-electron chi connectivity index (χ1n) is 7.72. The Bertz CT molecular complexity index is 731. The predicted molar refractivity (Wildman–Crippen MR) is 97.4 cm³/mol. The van der Waals surface area contributed by atoms with Gasteiger partial charge >= 0.3 is 0 Å². The smallest absolute Gasteiger partial charge is 0.224 e. The van der Waals surface area contributed by atoms with E-state index in [0.717, 1.165) is 16.9 Å². The highest BCUT2D eigenvalue weighted by atomic mass is 35.5. The fourth-order valence-electron chi connectivity index (χ4n) is 2.50. The Labute approximate surface area is 147 Å². The summed E-state index contributed by atoms with van der Waals surface area (Å²) in [5, 5.41) is 3.52. The zero-order valence-electron chi connectivity index (χ0n) is 14.4. The Morgan fingerprint density at radius 2 is 1.92 bits per heavy atom. The van der Waals surface area contributed by atoms with Crippen LogP contribution in [-0.4, -0.2) is 20.1 Å². The molecule has 0 saturated carbocycles. The van der Waals surface area contributed by atoms with Crippen molar-refractivity contribution in [3.8, 4) is 11.5 Å². The first-order valence-corrected chi connectivity index (χ1v) is 8.10. The Hall–Kier alpha value is -2.20. The summed E-state index contributed by atoms with van der Waals surface area (Å²) in [6.45, 7) is 3.91. The lowest BCUT2D eigenvalue weighted by molar-refractivity contribution is -0.116. The standard InChI is InChI=1S/C19H22ClNO3/c1-12-5-6-14(10-17(12)20)21-19(22)9-13(2)16-8-7-15(23-3)11-18(16)24-4/h5-8,10-11,13H,9H2,1-4H3,(H,21,22). The lowest BCUT2D eigenvalue weighted by atomic mass is 9.96. The second-order valence-electron chi connectivity index (χ2n) is 5.73. The van der Waals surface area contributed by atoms with E-state index >= 15 is 0 Å². The Morgan fingerprint density at radius 3 is 2.54 bits per heavy atom. The molecule has 0 aromatic heterocycles. The molecule has 2 aromatic rings. The van der Waals surface area contributed by atoms with Gasteiger partial charge in [0, 0.05) is 23.2 Å². The highest BCUT2D eigenvalue weighted by Gasteiger charge is 2.16. The molecule has 0 radical (unpaired) electrons. The van der Waals surface area contributed by atoms with E-state index in [1.165, 1.54) is 0 Å². The van der Waals surface area contributed by atoms with Crippen LogP contribution in [0.4, 0.5) is 5.69 Å². The molecule has 0 aliphatic rings. The van der Waals surface area contributed by atoms with Gasteiger partial charge in [0.05, 0.1) is 14.2 Å². The average molecular weight is 348 g/mol. The predicted octanol–water partition coefficient (Wildman–Crippen LogP) is 4.80. The van der Waals surface area contributed by atoms with Crippen molar-refractivity contribution in [3.63, 3.8) is 0 Å². The number of methoxy groups -OCH3 is 2. The van der Waals surface area contributed by atoms with Crippen LogP contribution in [0.3, 0.4) is 0 Å². The number of carbonyl (C=O) groups excluding carboxylic acids is 1. The van der Waals surface area contributed by atoms with Crippen molar-refractivity contribution in [2.75, 3.05) is 19.5 Å². The van der Waals surface area contributed by atoms with Gasteiger partial charge in [-0.3, -0.25) is 4.79 Å². The molecule has 1 amide bonds. The zero-order valence-corrected chi connectivity index (χ0v) is 15.1. The lowest BCUT2D eigenvalue weighted by Gasteiger charge is -2.16. The molecule has 2 rings (SSSR count). The summed E-state index contributed by atoms with van der Waals surface area (Å²) in [6, 6.07) is 11.1. The van der Waals surface area contributed by atoms with Crippen molar-refractivity contribution >= 4 is 23.2 Å². The summed E-state index contributed by atoms with van der Waals surface area (Å²) in [5.41, 5.74) is 2.64. The summed E-state index contributed by atoms with van der Waals surface area (Å²) in [4.78, 5) is 12.3. The van der Waals surface area contributed by atoms with Crippen LogP contribution < -0.4 is 14.8 Å². The Kier molecular flexibility index (Phi) is 6.10. The Morgan fingerprint density at radius 1 is 1.17 bits per heavy atom. The van der Waals surface area contributed by atoms with E-state index < -0.39 is 0 Å². The average Bonchev–Trinajstić information content (AvgIpc) is 2.57. The number of hydrogen-bond donors (Lipinski definition) is 1. The van der Waals surface area contributed by atoms with E-state index in [1.54, 1.807) is 20.3 Å². The third kappa shape index (κ3) is 4.42. The van der Waals surface area contributed by atoms with Gasteiger partial charge < -0.3 is 14.8 Å². The Balaban J connectivity index is 2.07. The van der Waals surface area contributed by atoms with Crippen LogP contribution in [0.2, 0.25) is 5.02 Å². The van der Waals surface area contributed by atoms with Gasteiger partial charge in [-0.1, -0.05) is 30.7 Å². The third-order valence-electron chi connectivity index (χ3n) is 3.92. The van der Waals surface area contributed by atoms with Gasteiger partial charge in [0.2, 0.25) is 5.91 Å². The van der Waals surface area contributed by atoms with Crippen molar-refractivity contribution in [1.82, 2.24) is 0 Å². The SMILES string of the molecule is COc1ccc(C(C)CC(=O)Nc2ccc(C)c(Cl)c2)c(OC)c1. The van der Waals surface area contributed by atoms with Crippen molar-refractivity contribution in [2.45, 2.75) is 26.2 Å². The van der Waals surface area contributed by atoms with Gasteiger partial charge in [0.15, 0.2) is 0 Å². The van der Waals surface area contributed by atoms with Crippen LogP contribution in [0.25, 0.3) is 0 Å². The molecule has 2 aromatic carbocycles. The normalized spacial score (nSPS) is 11.7. The van der Waals surface area contributed by atoms with E-state index in [-0.39, 0.29) is 11.8 Å². The number of amides is 1. The van der Waals surface area contributed by atoms with Gasteiger partial charge in [-0.25, -0.2) is 0 Å². The molecule has 0 aliphatic heterocycles. The number of aryl methyl sites for hydroxylation is 1. The molecule has 0 saturated heterocycles. The van der Waals surface area contributed by atoms with Crippen LogP contribution in [0.5, 0.6) is 11.5 Å². The maximum absolute atomic E-state index is 12.3. The molecule has 1 N–H and O–H groups in total. The molecular weight excluding hydrogens is 326 g/mol. The molecule has 0 spiro atoms. The second kappa shape index (κ2) is 8.06. The van der Waals surface area contributed by atoms with Crippen LogP contribution in [0.1, 0.15) is 30.4 Å². The monoisotopic (exact) mass is 347 g/mol. The molecule has 0 heterocycles. The number of hydrogen-bond acceptors (Lipinski definition) is 3. The lowest BCUT2D eigenvalue weighted by Crippen LogP contribution is -2.14. The van der Waals surface area contributed by atoms with Crippen LogP contribution in [0, 0.1) is 6.92 Å². The number of anilines is 1. The molecule has 5 heteroatoms. The maximum atomic E-state index is 12.3. The van der Waals surface area contributed by atoms with Gasteiger partial charge in [-0.05, 0) is 42.2 Å². The minimum atomic E-state index is -0.0692. The van der Waals surface area contributed by atoms with E-state index in [2.05, 4.69) is 5.32 Å². The first kappa shape index (κ1) is 18.1. The quantitative estimate of drug-likeness (QED) is 0.816. The van der Waals surface area contributed by atoms with Gasteiger partial charge in [0.1, 0.15) is 11.5 Å². The number of halogens is 1. The number of benzene rings is 2. The summed E-state index contributed by atoms with van der Waals surface area (Å²) in [5.74, 6) is 1.38. The molecule has 24 heavy (non-hydrogen) atoms. The molecule has 1 atom stereocenters. The van der Waals surface area contributed by atoms with Crippen LogP contribution in [-0.2, 0) is 4.79 Å². The molecule has 0 bridgehead atoms. The molecular formula is C19H22ClNO3. The second-order valence-corrected chi connectivity index (χ2v) is 6.13. The van der Waals surface area contributed by atoms with Crippen molar-refractivity contribution in [2.24, 2.45) is 0 Å². The van der Waals surface area contributed by atoms with E-state index in [0.29, 0.717) is 22.9 Å². The fraction of sp³-hybridized carbons (Fsp3) is 0.316. The third-order valence-corrected chi connectivity index (χ3v) is 4.33. The number of nitrogens with one attached hydrogen (secondary N) is 1. The largest absolute Gasteiger partial charge is 0.497 e. The number of ether oxygens (including phenoxy) is 2. The van der Waals surface area contributed by atoms with Crippen LogP contribution in [0.15, 0.2) is 36.4 Å². The summed E-state index contributed by atoms with van der Waals surface area (Å²) >= 11 is 6.09. The van der Waals surface area contributed by atoms with Crippen molar-refractivity contribution in [3.05, 3.63) is 52.5 Å². The highest BCUT2D eigenvalue weighted by Crippen LogP contribution is 2.32. The van der Waals surface area contributed by atoms with Crippen molar-refractivity contribution in [1.29, 1.82) is 0 Å². The van der Waals surface area contributed by atoms with Gasteiger partial charge in [-0.2, -0.15) is 0 Å². The molecule has 1 unspecified atom stereocenters. The summed E-state index contributed by atoms with van der Waals surface area (Å²) in [6.07, 6.45) is 0.341. The maximum Gasteiger partial charge on any atom is 0.224 e. The molecule has 4 nitrogen and oxygen atoms in total. The summed E-state index contributed by atoms with van der Waals surface area (Å²) in [7, 11) is 3.22. The van der Waals surface area contributed by atoms with E-state index in [4.69, 9.17) is 21.1 Å². The van der Waals surface area contributed by atoms with E-state index in [1.807, 2.05) is 44.2 Å². The van der Waals surface area contributed by atoms with Crippen LogP contribution >= 0.6 is 11.6 Å². The van der Waals surface area contributed by atoms with Gasteiger partial charge in [-0.15, -0.1) is 0 Å². The number of carbonyl (C=O) groups is 1. The van der Waals surface area contributed by atoms with E-state index in [9.17, 15) is 4.79 Å². The topological polar surface area (TPSA) is 47.6 Å². The van der Waals surface area contributed by atoms with Gasteiger partial charge in [0.25, 0.3) is 0 Å². The first-order chi connectivity index (χ1) is 11.4. The number of rotatable bonds is 6. The molecule has 128 valence electrons. The minimum absolute atomic E-state index is 0.00627. The summed E-state index contributed by atoms with van der Waals surface area (Å²) < 4.78 is 10.6. The molecule has 0 aliphatic carbocycles. The van der Waals surface area contributed by atoms with Crippen molar-refractivity contribution < 1.29 is 14.3 Å². The highest BCUT2D eigenvalue weighted by molar-refractivity contribution is 6.31.